The van der Waals surface area contributed by atoms with Crippen LogP contribution in [0.15, 0.2) is 96.8 Å². The molecule has 0 N–H and O–H groups in total. The molecule has 0 atom stereocenters. The van der Waals surface area contributed by atoms with Crippen LogP contribution in [-0.4, -0.2) is 15.0 Å². The molecule has 5 aromatic carbocycles. The minimum atomic E-state index is -0.583. The number of benzene rings is 5. The van der Waals surface area contributed by atoms with Gasteiger partial charge in [-0.2, -0.15) is 9.97 Å². The molecule has 6 aromatic rings. The van der Waals surface area contributed by atoms with E-state index in [1.54, 1.807) is 6.07 Å². The fourth-order valence-corrected chi connectivity index (χ4v) is 3.72. The van der Waals surface area contributed by atoms with Crippen LogP contribution in [0.25, 0.3) is 55.1 Å². The molecule has 3 nitrogen and oxygen atoms in total. The van der Waals surface area contributed by atoms with Crippen LogP contribution in [0.5, 0.6) is 0 Å². The van der Waals surface area contributed by atoms with Gasteiger partial charge in [0.15, 0.2) is 11.6 Å². The topological polar surface area (TPSA) is 38.7 Å². The molecule has 0 fully saturated rings. The minimum absolute atomic E-state index is 0.147. The Balaban J connectivity index is 1.79. The van der Waals surface area contributed by atoms with Gasteiger partial charge in [0.25, 0.3) is 0 Å². The summed E-state index contributed by atoms with van der Waals surface area (Å²) in [7, 11) is 0. The fraction of sp³-hybridized carbons (Fsp3) is 0. The average molecular weight is 427 g/mol. The molecule has 0 unspecified atom stereocenters. The molecule has 6 rings (SSSR count). The first-order valence-corrected chi connectivity index (χ1v) is 9.72. The van der Waals surface area contributed by atoms with Gasteiger partial charge in [0, 0.05) is 11.1 Å². The quantitative estimate of drug-likeness (QED) is 0.272. The normalized spacial score (nSPS) is 15.5. The molecule has 0 bridgehead atoms. The van der Waals surface area contributed by atoms with Crippen molar-refractivity contribution in [2.24, 2.45) is 0 Å². The van der Waals surface area contributed by atoms with Crippen LogP contribution in [0, 0.1) is 0 Å². The molecule has 146 valence electrons. The van der Waals surface area contributed by atoms with Crippen molar-refractivity contribution in [2.45, 2.75) is 0 Å². The van der Waals surface area contributed by atoms with Gasteiger partial charge in [-0.25, -0.2) is 4.98 Å². The molecule has 0 aliphatic carbocycles. The van der Waals surface area contributed by atoms with Gasteiger partial charge in [0.1, 0.15) is 0 Å². The summed E-state index contributed by atoms with van der Waals surface area (Å²) in [5, 5.41) is 0.963. The van der Waals surface area contributed by atoms with E-state index in [1.165, 1.54) is 0 Å². The van der Waals surface area contributed by atoms with Crippen molar-refractivity contribution in [3.05, 3.63) is 102 Å². The highest BCUT2D eigenvalue weighted by molar-refractivity contribution is 6.28. The summed E-state index contributed by atoms with van der Waals surface area (Å²) in [6.07, 6.45) is 0. The predicted molar refractivity (Wildman–Crippen MR) is 128 cm³/mol. The second-order valence-corrected chi connectivity index (χ2v) is 7.15. The van der Waals surface area contributed by atoms with Gasteiger partial charge >= 0.3 is 0 Å². The molecule has 31 heavy (non-hydrogen) atoms. The van der Waals surface area contributed by atoms with E-state index in [2.05, 4.69) is 15.0 Å². The third-order valence-corrected chi connectivity index (χ3v) is 5.13. The number of fused-ring (bicyclic) bond motifs is 4. The van der Waals surface area contributed by atoms with E-state index in [9.17, 15) is 0 Å². The summed E-state index contributed by atoms with van der Waals surface area (Å²) in [5.41, 5.74) is 0.440. The highest BCUT2D eigenvalue weighted by atomic mass is 35.5. The summed E-state index contributed by atoms with van der Waals surface area (Å²) >= 11 is 6.32. The Kier molecular flexibility index (Phi) is 2.53. The van der Waals surface area contributed by atoms with Crippen molar-refractivity contribution in [1.82, 2.24) is 15.0 Å². The van der Waals surface area contributed by atoms with Gasteiger partial charge in [0.2, 0.25) is 5.28 Å². The standard InChI is InChI=1S/C27H16ClN3/c28-27-30-25(20-14-13-17-7-1-2-8-18(17)15-20)29-26(31-27)24-16-19-9-3-4-10-21(19)22-11-5-6-12-23(22)24/h1-16H/i3D,4D,5D,6D,9D,10D,11D,12D,16D. The highest BCUT2D eigenvalue weighted by Gasteiger charge is 2.14. The smallest absolute Gasteiger partial charge is 0.208 e. The summed E-state index contributed by atoms with van der Waals surface area (Å²) in [6.45, 7) is 0. The number of aromatic nitrogens is 3. The zero-order chi connectivity index (χ0) is 28.6. The lowest BCUT2D eigenvalue weighted by atomic mass is 9.97. The Morgan fingerprint density at radius 3 is 2.23 bits per heavy atom. The van der Waals surface area contributed by atoms with Crippen LogP contribution < -0.4 is 0 Å². The maximum absolute atomic E-state index is 9.06. The van der Waals surface area contributed by atoms with E-state index in [0.717, 1.165) is 10.8 Å². The van der Waals surface area contributed by atoms with Crippen LogP contribution in [0.4, 0.5) is 0 Å². The monoisotopic (exact) mass is 426 g/mol. The van der Waals surface area contributed by atoms with Crippen LogP contribution in [0.2, 0.25) is 5.28 Å². The van der Waals surface area contributed by atoms with Gasteiger partial charge in [-0.3, -0.25) is 0 Å². The lowest BCUT2D eigenvalue weighted by molar-refractivity contribution is 1.07. The molecule has 1 aromatic heterocycles. The number of halogens is 1. The maximum atomic E-state index is 9.06. The first-order chi connectivity index (χ1) is 19.0. The van der Waals surface area contributed by atoms with Gasteiger partial charge in [-0.1, -0.05) is 84.7 Å². The van der Waals surface area contributed by atoms with Crippen LogP contribution >= 0.6 is 11.6 Å². The molecule has 0 aliphatic rings. The zero-order valence-electron chi connectivity index (χ0n) is 24.8. The van der Waals surface area contributed by atoms with E-state index in [0.29, 0.717) is 5.56 Å². The van der Waals surface area contributed by atoms with Crippen LogP contribution in [-0.2, 0) is 0 Å². The van der Waals surface area contributed by atoms with Crippen molar-refractivity contribution in [3.63, 3.8) is 0 Å². The van der Waals surface area contributed by atoms with E-state index in [4.69, 9.17) is 23.9 Å². The second kappa shape index (κ2) is 7.15. The Morgan fingerprint density at radius 1 is 0.645 bits per heavy atom. The first kappa shape index (κ1) is 11.0. The predicted octanol–water partition coefficient (Wildman–Crippen LogP) is 7.32. The van der Waals surface area contributed by atoms with E-state index < -0.39 is 54.4 Å². The van der Waals surface area contributed by atoms with E-state index in [-0.39, 0.29) is 44.0 Å². The zero-order valence-corrected chi connectivity index (χ0v) is 16.5. The minimum Gasteiger partial charge on any atom is -0.208 e. The third kappa shape index (κ3) is 3.11. The van der Waals surface area contributed by atoms with Crippen molar-refractivity contribution in [1.29, 1.82) is 0 Å². The Morgan fingerprint density at radius 2 is 1.35 bits per heavy atom. The molecule has 0 radical (unpaired) electrons. The molecule has 0 saturated heterocycles. The molecule has 0 spiro atoms. The number of hydrogen-bond donors (Lipinski definition) is 0. The molecule has 0 aliphatic heterocycles. The molecule has 4 heteroatoms. The molecular weight excluding hydrogens is 402 g/mol. The molecule has 0 amide bonds. The van der Waals surface area contributed by atoms with Crippen LogP contribution in [0.1, 0.15) is 12.3 Å². The van der Waals surface area contributed by atoms with Gasteiger partial charge < -0.3 is 0 Å². The first-order valence-electron chi connectivity index (χ1n) is 13.8. The van der Waals surface area contributed by atoms with Crippen molar-refractivity contribution in [2.75, 3.05) is 0 Å². The van der Waals surface area contributed by atoms with Gasteiger partial charge in [0.05, 0.1) is 12.3 Å². The second-order valence-electron chi connectivity index (χ2n) is 6.81. The van der Waals surface area contributed by atoms with Crippen molar-refractivity contribution < 1.29 is 12.3 Å². The number of rotatable bonds is 2. The summed E-state index contributed by atoms with van der Waals surface area (Å²) < 4.78 is 76.3. The molecule has 0 saturated carbocycles. The average Bonchev–Trinajstić information content (AvgIpc) is 2.95. The number of nitrogens with zero attached hydrogens (tertiary/aromatic N) is 3. The molecular formula is C27H16ClN3. The molecule has 1 heterocycles. The lowest BCUT2D eigenvalue weighted by Crippen LogP contribution is -1.98. The van der Waals surface area contributed by atoms with E-state index >= 15 is 0 Å². The van der Waals surface area contributed by atoms with E-state index in [1.807, 2.05) is 36.4 Å². The Labute approximate surface area is 196 Å². The van der Waals surface area contributed by atoms with Crippen molar-refractivity contribution in [3.8, 4) is 22.8 Å². The van der Waals surface area contributed by atoms with Crippen LogP contribution in [0.3, 0.4) is 0 Å². The highest BCUT2D eigenvalue weighted by Crippen LogP contribution is 2.34. The summed E-state index contributed by atoms with van der Waals surface area (Å²) in [4.78, 5) is 13.0. The van der Waals surface area contributed by atoms with Crippen molar-refractivity contribution >= 4 is 43.9 Å². The maximum Gasteiger partial charge on any atom is 0.226 e. The Hall–Kier alpha value is -3.82. The Bertz CT molecular complexity index is 2080. The lowest BCUT2D eigenvalue weighted by Gasteiger charge is -2.11. The number of hydrogen-bond acceptors (Lipinski definition) is 3. The fourth-order valence-electron chi connectivity index (χ4n) is 3.56. The third-order valence-electron chi connectivity index (χ3n) is 4.96. The van der Waals surface area contributed by atoms with Gasteiger partial charge in [-0.15, -0.1) is 0 Å². The summed E-state index contributed by atoms with van der Waals surface area (Å²) in [6, 6.07) is 8.41. The SMILES string of the molecule is [2H]c1c([2H])c([2H])c2c(c1[2H])c([2H])c(-c1nc(Cl)nc(-c3ccc4ccccc4c3)n1)c1c([2H])c([2H])c([2H])c([2H])c12. The largest absolute Gasteiger partial charge is 0.226 e. The summed E-state index contributed by atoms with van der Waals surface area (Å²) in [5.74, 6) is -0.0123. The van der Waals surface area contributed by atoms with Gasteiger partial charge in [-0.05, 0) is 56.0 Å².